The van der Waals surface area contributed by atoms with Crippen LogP contribution < -0.4 is 4.74 Å². The van der Waals surface area contributed by atoms with E-state index in [0.717, 1.165) is 5.56 Å². The monoisotopic (exact) mass is 494 g/mol. The van der Waals surface area contributed by atoms with E-state index >= 15 is 0 Å². The Morgan fingerprint density at radius 3 is 2.31 bits per heavy atom. The first-order valence-electron chi connectivity index (χ1n) is 9.74. The Kier molecular flexibility index (Phi) is 6.43. The Balaban J connectivity index is 1.45. The predicted molar refractivity (Wildman–Crippen MR) is 122 cm³/mol. The first-order valence-corrected chi connectivity index (χ1v) is 11.9. The summed E-state index contributed by atoms with van der Waals surface area (Å²) in [7, 11) is -2.42. The number of carbonyl (C=O) groups excluding carboxylic acids is 1. The average Bonchev–Trinajstić information content (AvgIpc) is 3.29. The van der Waals surface area contributed by atoms with Crippen molar-refractivity contribution in [1.82, 2.24) is 19.4 Å². The van der Waals surface area contributed by atoms with Gasteiger partial charge in [-0.2, -0.15) is 9.40 Å². The van der Waals surface area contributed by atoms with Gasteiger partial charge in [0, 0.05) is 41.8 Å². The summed E-state index contributed by atoms with van der Waals surface area (Å²) in [6.07, 6.45) is 0. The molecule has 1 amide bonds. The number of ether oxygens (including phenoxy) is 1. The van der Waals surface area contributed by atoms with Gasteiger partial charge < -0.3 is 9.64 Å². The molecule has 32 heavy (non-hydrogen) atoms. The van der Waals surface area contributed by atoms with Crippen molar-refractivity contribution in [3.63, 3.8) is 0 Å². The third-order valence-corrected chi connectivity index (χ3v) is 7.62. The van der Waals surface area contributed by atoms with Crippen LogP contribution in [0.4, 0.5) is 0 Å². The van der Waals surface area contributed by atoms with Gasteiger partial charge in [0.05, 0.1) is 12.8 Å². The summed E-state index contributed by atoms with van der Waals surface area (Å²) in [5.74, 6) is -0.0183. The van der Waals surface area contributed by atoms with Gasteiger partial charge in [0.15, 0.2) is 0 Å². The number of H-pyrrole nitrogens is 1. The van der Waals surface area contributed by atoms with E-state index in [9.17, 15) is 13.2 Å². The number of aromatic nitrogens is 2. The van der Waals surface area contributed by atoms with Crippen molar-refractivity contribution >= 4 is 39.1 Å². The van der Waals surface area contributed by atoms with Gasteiger partial charge in [0.2, 0.25) is 10.0 Å². The lowest BCUT2D eigenvalue weighted by Gasteiger charge is -2.34. The maximum Gasteiger partial charge on any atom is 0.271 e. The Morgan fingerprint density at radius 2 is 1.66 bits per heavy atom. The van der Waals surface area contributed by atoms with Gasteiger partial charge >= 0.3 is 0 Å². The topological polar surface area (TPSA) is 95.6 Å². The second kappa shape index (κ2) is 9.11. The predicted octanol–water partition coefficient (Wildman–Crippen LogP) is 3.54. The van der Waals surface area contributed by atoms with E-state index in [1.54, 1.807) is 29.2 Å². The largest absolute Gasteiger partial charge is 0.495 e. The quantitative estimate of drug-likeness (QED) is 0.585. The first-order chi connectivity index (χ1) is 15.3. The lowest BCUT2D eigenvalue weighted by atomic mass is 10.1. The number of hydrogen-bond acceptors (Lipinski definition) is 5. The van der Waals surface area contributed by atoms with Crippen LogP contribution in [0.2, 0.25) is 10.0 Å². The van der Waals surface area contributed by atoms with E-state index in [2.05, 4.69) is 10.2 Å². The SMILES string of the molecule is COc1ccc(Cl)cc1S(=O)(=O)N1CCN(C(=O)c2cc(-c3ccc(Cl)cc3)n[nH]2)CC1. The lowest BCUT2D eigenvalue weighted by Crippen LogP contribution is -2.50. The molecular formula is C21H20Cl2N4O4S. The summed E-state index contributed by atoms with van der Waals surface area (Å²) in [5.41, 5.74) is 1.79. The van der Waals surface area contributed by atoms with Crippen LogP contribution in [0.25, 0.3) is 11.3 Å². The van der Waals surface area contributed by atoms with Crippen molar-refractivity contribution in [3.8, 4) is 17.0 Å². The number of methoxy groups -OCH3 is 1. The maximum atomic E-state index is 13.1. The Bertz CT molecular complexity index is 1240. The summed E-state index contributed by atoms with van der Waals surface area (Å²) < 4.78 is 32.7. The van der Waals surface area contributed by atoms with Crippen LogP contribution in [0.1, 0.15) is 10.5 Å². The fraction of sp³-hybridized carbons (Fsp3) is 0.238. The Hall–Kier alpha value is -2.59. The zero-order valence-electron chi connectivity index (χ0n) is 17.1. The number of benzene rings is 2. The van der Waals surface area contributed by atoms with Gasteiger partial charge in [-0.25, -0.2) is 8.42 Å². The van der Waals surface area contributed by atoms with Gasteiger partial charge in [-0.3, -0.25) is 9.89 Å². The van der Waals surface area contributed by atoms with Crippen molar-refractivity contribution in [1.29, 1.82) is 0 Å². The summed E-state index contributed by atoms with van der Waals surface area (Å²) >= 11 is 11.9. The highest BCUT2D eigenvalue weighted by Gasteiger charge is 2.33. The van der Waals surface area contributed by atoms with Crippen molar-refractivity contribution in [2.24, 2.45) is 0 Å². The minimum absolute atomic E-state index is 0.00782. The molecule has 1 saturated heterocycles. The molecule has 0 unspecified atom stereocenters. The maximum absolute atomic E-state index is 13.1. The van der Waals surface area contributed by atoms with E-state index < -0.39 is 10.0 Å². The highest BCUT2D eigenvalue weighted by molar-refractivity contribution is 7.89. The standard InChI is InChI=1S/C21H20Cl2N4O4S/c1-31-19-7-6-16(23)12-20(19)32(29,30)27-10-8-26(9-11-27)21(28)18-13-17(24-25-18)14-2-4-15(22)5-3-14/h2-7,12-13H,8-11H2,1H3,(H,24,25). The number of nitrogens with zero attached hydrogens (tertiary/aromatic N) is 3. The molecular weight excluding hydrogens is 475 g/mol. The number of halogens is 2. The number of sulfonamides is 1. The summed E-state index contributed by atoms with van der Waals surface area (Å²) in [6, 6.07) is 13.3. The molecule has 4 rings (SSSR count). The van der Waals surface area contributed by atoms with Gasteiger partial charge in [0.1, 0.15) is 16.3 Å². The van der Waals surface area contributed by atoms with Crippen molar-refractivity contribution < 1.29 is 17.9 Å². The van der Waals surface area contributed by atoms with Crippen LogP contribution in [0.5, 0.6) is 5.75 Å². The normalized spacial score (nSPS) is 15.0. The van der Waals surface area contributed by atoms with Gasteiger partial charge in [-0.15, -0.1) is 0 Å². The van der Waals surface area contributed by atoms with Crippen molar-refractivity contribution in [2.45, 2.75) is 4.90 Å². The van der Waals surface area contributed by atoms with Crippen LogP contribution >= 0.6 is 23.2 Å². The molecule has 11 heteroatoms. The van der Waals surface area contributed by atoms with Gasteiger partial charge in [-0.05, 0) is 36.4 Å². The Morgan fingerprint density at radius 1 is 1.00 bits per heavy atom. The summed E-state index contributed by atoms with van der Waals surface area (Å²) in [5, 5.41) is 7.89. The molecule has 2 heterocycles. The third-order valence-electron chi connectivity index (χ3n) is 5.22. The number of aromatic amines is 1. The third kappa shape index (κ3) is 4.47. The van der Waals surface area contributed by atoms with Crippen LogP contribution in [0, 0.1) is 0 Å². The summed E-state index contributed by atoms with van der Waals surface area (Å²) in [4.78, 5) is 14.5. The molecule has 0 aliphatic carbocycles. The number of amides is 1. The molecule has 0 spiro atoms. The van der Waals surface area contributed by atoms with Gasteiger partial charge in [-0.1, -0.05) is 35.3 Å². The van der Waals surface area contributed by atoms with E-state index in [1.807, 2.05) is 12.1 Å². The van der Waals surface area contributed by atoms with Crippen LogP contribution in [0.15, 0.2) is 53.4 Å². The number of carbonyl (C=O) groups is 1. The van der Waals surface area contributed by atoms with Gasteiger partial charge in [0.25, 0.3) is 5.91 Å². The van der Waals surface area contributed by atoms with Crippen LogP contribution in [0.3, 0.4) is 0 Å². The molecule has 0 bridgehead atoms. The number of hydrogen-bond donors (Lipinski definition) is 1. The molecule has 0 saturated carbocycles. The van der Waals surface area contributed by atoms with E-state index in [4.69, 9.17) is 27.9 Å². The zero-order valence-corrected chi connectivity index (χ0v) is 19.4. The highest BCUT2D eigenvalue weighted by atomic mass is 35.5. The number of piperazine rings is 1. The minimum atomic E-state index is -3.82. The second-order valence-electron chi connectivity index (χ2n) is 7.17. The molecule has 3 aromatic rings. The van der Waals surface area contributed by atoms with Crippen LogP contribution in [-0.4, -0.2) is 67.0 Å². The van der Waals surface area contributed by atoms with Crippen molar-refractivity contribution in [3.05, 3.63) is 64.3 Å². The fourth-order valence-electron chi connectivity index (χ4n) is 3.49. The van der Waals surface area contributed by atoms with E-state index in [0.29, 0.717) is 21.4 Å². The lowest BCUT2D eigenvalue weighted by molar-refractivity contribution is 0.0692. The highest BCUT2D eigenvalue weighted by Crippen LogP contribution is 2.30. The molecule has 0 radical (unpaired) electrons. The molecule has 2 aromatic carbocycles. The number of rotatable bonds is 5. The van der Waals surface area contributed by atoms with Crippen LogP contribution in [-0.2, 0) is 10.0 Å². The molecule has 1 fully saturated rings. The molecule has 1 aromatic heterocycles. The smallest absolute Gasteiger partial charge is 0.271 e. The zero-order chi connectivity index (χ0) is 22.9. The first kappa shape index (κ1) is 22.6. The molecule has 0 atom stereocenters. The Labute approximate surface area is 195 Å². The summed E-state index contributed by atoms with van der Waals surface area (Å²) in [6.45, 7) is 0.802. The molecule has 1 aliphatic heterocycles. The van der Waals surface area contributed by atoms with E-state index in [1.165, 1.54) is 23.5 Å². The number of nitrogens with one attached hydrogen (secondary N) is 1. The fourth-order valence-corrected chi connectivity index (χ4v) is 5.46. The minimum Gasteiger partial charge on any atom is -0.495 e. The van der Waals surface area contributed by atoms with E-state index in [-0.39, 0.29) is 42.7 Å². The molecule has 1 N–H and O–H groups in total. The second-order valence-corrected chi connectivity index (χ2v) is 9.94. The molecule has 168 valence electrons. The van der Waals surface area contributed by atoms with Crippen molar-refractivity contribution in [2.75, 3.05) is 33.3 Å². The molecule has 1 aliphatic rings. The molecule has 8 nitrogen and oxygen atoms in total. The average molecular weight is 495 g/mol.